The topological polar surface area (TPSA) is 21.3 Å². The Kier molecular flexibility index (Phi) is 3.88. The van der Waals surface area contributed by atoms with E-state index >= 15 is 0 Å². The molecule has 0 spiro atoms. The van der Waals surface area contributed by atoms with Crippen molar-refractivity contribution < 1.29 is 4.74 Å². The van der Waals surface area contributed by atoms with Gasteiger partial charge in [0.2, 0.25) is 0 Å². The standard InChI is InChI=1S/C16H15Cl2NO/c1-20-15-4-2-3-11-8-19-9-12(16(11)15)10-5-6-13(17)14(18)7-10/h2-7,12,19H,8-9H2,1H3. The van der Waals surface area contributed by atoms with E-state index in [1.54, 1.807) is 7.11 Å². The van der Waals surface area contributed by atoms with E-state index in [2.05, 4.69) is 11.4 Å². The minimum Gasteiger partial charge on any atom is -0.496 e. The SMILES string of the molecule is COc1cccc2c1C(c1ccc(Cl)c(Cl)c1)CNC2. The molecule has 104 valence electrons. The Balaban J connectivity index is 2.11. The van der Waals surface area contributed by atoms with E-state index in [4.69, 9.17) is 27.9 Å². The van der Waals surface area contributed by atoms with Crippen LogP contribution in [0.15, 0.2) is 36.4 Å². The summed E-state index contributed by atoms with van der Waals surface area (Å²) in [5.41, 5.74) is 3.66. The molecule has 0 saturated carbocycles. The van der Waals surface area contributed by atoms with Gasteiger partial charge in [-0.3, -0.25) is 0 Å². The number of nitrogens with one attached hydrogen (secondary N) is 1. The van der Waals surface area contributed by atoms with Gasteiger partial charge < -0.3 is 10.1 Å². The molecule has 3 rings (SSSR count). The summed E-state index contributed by atoms with van der Waals surface area (Å²) in [6, 6.07) is 12.0. The van der Waals surface area contributed by atoms with E-state index in [1.165, 1.54) is 11.1 Å². The molecule has 1 unspecified atom stereocenters. The van der Waals surface area contributed by atoms with Gasteiger partial charge in [0.15, 0.2) is 0 Å². The van der Waals surface area contributed by atoms with Crippen LogP contribution in [-0.4, -0.2) is 13.7 Å². The highest BCUT2D eigenvalue weighted by atomic mass is 35.5. The third-order valence-corrected chi connectivity index (χ3v) is 4.47. The van der Waals surface area contributed by atoms with E-state index in [9.17, 15) is 0 Å². The summed E-state index contributed by atoms with van der Waals surface area (Å²) in [5.74, 6) is 1.16. The van der Waals surface area contributed by atoms with Crippen LogP contribution in [0.2, 0.25) is 10.0 Å². The summed E-state index contributed by atoms with van der Waals surface area (Å²) in [5, 5.41) is 4.62. The van der Waals surface area contributed by atoms with Gasteiger partial charge in [0.25, 0.3) is 0 Å². The lowest BCUT2D eigenvalue weighted by molar-refractivity contribution is 0.402. The number of hydrogen-bond donors (Lipinski definition) is 1. The second-order valence-corrected chi connectivity index (χ2v) is 5.70. The molecule has 0 amide bonds. The number of benzene rings is 2. The van der Waals surface area contributed by atoms with Crippen LogP contribution < -0.4 is 10.1 Å². The van der Waals surface area contributed by atoms with Crippen molar-refractivity contribution >= 4 is 23.2 Å². The fourth-order valence-corrected chi connectivity index (χ4v) is 3.09. The predicted molar refractivity (Wildman–Crippen MR) is 83.0 cm³/mol. The minimum atomic E-state index is 0.227. The average Bonchev–Trinajstić information content (AvgIpc) is 2.49. The zero-order chi connectivity index (χ0) is 14.1. The van der Waals surface area contributed by atoms with Crippen molar-refractivity contribution in [3.8, 4) is 5.75 Å². The number of halogens is 2. The second kappa shape index (κ2) is 5.65. The first-order chi connectivity index (χ1) is 9.70. The van der Waals surface area contributed by atoms with E-state index in [0.717, 1.165) is 24.4 Å². The van der Waals surface area contributed by atoms with Crippen molar-refractivity contribution in [2.45, 2.75) is 12.5 Å². The van der Waals surface area contributed by atoms with Crippen molar-refractivity contribution in [3.05, 3.63) is 63.1 Å². The van der Waals surface area contributed by atoms with E-state index in [0.29, 0.717) is 10.0 Å². The molecule has 20 heavy (non-hydrogen) atoms. The van der Waals surface area contributed by atoms with Gasteiger partial charge in [0.05, 0.1) is 17.2 Å². The van der Waals surface area contributed by atoms with E-state index in [1.807, 2.05) is 30.3 Å². The van der Waals surface area contributed by atoms with Gasteiger partial charge in [0, 0.05) is 24.6 Å². The van der Waals surface area contributed by atoms with Crippen LogP contribution in [0.5, 0.6) is 5.75 Å². The first-order valence-electron chi connectivity index (χ1n) is 6.52. The molecule has 1 N–H and O–H groups in total. The molecule has 1 aliphatic heterocycles. The zero-order valence-corrected chi connectivity index (χ0v) is 12.6. The summed E-state index contributed by atoms with van der Waals surface area (Å²) >= 11 is 12.2. The van der Waals surface area contributed by atoms with Crippen LogP contribution in [0, 0.1) is 0 Å². The molecule has 2 aromatic carbocycles. The fourth-order valence-electron chi connectivity index (χ4n) is 2.78. The van der Waals surface area contributed by atoms with Crippen LogP contribution >= 0.6 is 23.2 Å². The summed E-state index contributed by atoms with van der Waals surface area (Å²) < 4.78 is 5.53. The largest absolute Gasteiger partial charge is 0.496 e. The smallest absolute Gasteiger partial charge is 0.123 e. The molecule has 0 fully saturated rings. The Morgan fingerprint density at radius 2 is 2.00 bits per heavy atom. The maximum atomic E-state index is 6.15. The Bertz CT molecular complexity index is 628. The fraction of sp³-hybridized carbons (Fsp3) is 0.250. The van der Waals surface area contributed by atoms with Crippen LogP contribution in [0.25, 0.3) is 0 Å². The first kappa shape index (κ1) is 13.7. The Hall–Kier alpha value is -1.22. The predicted octanol–water partition coefficient (Wildman–Crippen LogP) is 4.24. The van der Waals surface area contributed by atoms with Crippen LogP contribution in [0.4, 0.5) is 0 Å². The summed E-state index contributed by atoms with van der Waals surface area (Å²) in [6.07, 6.45) is 0. The highest BCUT2D eigenvalue weighted by molar-refractivity contribution is 6.42. The minimum absolute atomic E-state index is 0.227. The average molecular weight is 308 g/mol. The van der Waals surface area contributed by atoms with Gasteiger partial charge >= 0.3 is 0 Å². The van der Waals surface area contributed by atoms with Gasteiger partial charge in [-0.15, -0.1) is 0 Å². The van der Waals surface area contributed by atoms with Gasteiger partial charge in [-0.25, -0.2) is 0 Å². The second-order valence-electron chi connectivity index (χ2n) is 4.89. The van der Waals surface area contributed by atoms with Crippen LogP contribution in [0.1, 0.15) is 22.6 Å². The Labute approximate surface area is 128 Å². The lowest BCUT2D eigenvalue weighted by Crippen LogP contribution is -2.29. The number of rotatable bonds is 2. The number of methoxy groups -OCH3 is 1. The van der Waals surface area contributed by atoms with Crippen molar-refractivity contribution in [2.24, 2.45) is 0 Å². The molecule has 0 radical (unpaired) electrons. The molecule has 2 nitrogen and oxygen atoms in total. The molecule has 0 aromatic heterocycles. The van der Waals surface area contributed by atoms with Crippen molar-refractivity contribution in [1.29, 1.82) is 0 Å². The molecule has 4 heteroatoms. The molecule has 2 aromatic rings. The van der Waals surface area contributed by atoms with Gasteiger partial charge in [0.1, 0.15) is 5.75 Å². The molecule has 1 atom stereocenters. The van der Waals surface area contributed by atoms with Crippen LogP contribution in [0.3, 0.4) is 0 Å². The van der Waals surface area contributed by atoms with Crippen molar-refractivity contribution in [3.63, 3.8) is 0 Å². The lowest BCUT2D eigenvalue weighted by atomic mass is 9.85. The number of fused-ring (bicyclic) bond motifs is 1. The van der Waals surface area contributed by atoms with Gasteiger partial charge in [-0.2, -0.15) is 0 Å². The molecule has 0 bridgehead atoms. The maximum absolute atomic E-state index is 6.15. The van der Waals surface area contributed by atoms with Crippen molar-refractivity contribution in [2.75, 3.05) is 13.7 Å². The Morgan fingerprint density at radius 1 is 1.15 bits per heavy atom. The highest BCUT2D eigenvalue weighted by Crippen LogP contribution is 2.38. The van der Waals surface area contributed by atoms with E-state index in [-0.39, 0.29) is 5.92 Å². The molecule has 0 saturated heterocycles. The highest BCUT2D eigenvalue weighted by Gasteiger charge is 2.25. The summed E-state index contributed by atoms with van der Waals surface area (Å²) in [7, 11) is 1.71. The van der Waals surface area contributed by atoms with Crippen LogP contribution in [-0.2, 0) is 6.54 Å². The monoisotopic (exact) mass is 307 g/mol. The lowest BCUT2D eigenvalue weighted by Gasteiger charge is -2.28. The zero-order valence-electron chi connectivity index (χ0n) is 11.1. The van der Waals surface area contributed by atoms with Gasteiger partial charge in [-0.05, 0) is 29.3 Å². The summed E-state index contributed by atoms with van der Waals surface area (Å²) in [6.45, 7) is 1.73. The molecule has 1 heterocycles. The third kappa shape index (κ3) is 2.39. The third-order valence-electron chi connectivity index (χ3n) is 3.73. The molecule has 0 aliphatic carbocycles. The molecular weight excluding hydrogens is 293 g/mol. The quantitative estimate of drug-likeness (QED) is 0.896. The maximum Gasteiger partial charge on any atom is 0.123 e. The van der Waals surface area contributed by atoms with Crippen molar-refractivity contribution in [1.82, 2.24) is 5.32 Å². The Morgan fingerprint density at radius 3 is 2.75 bits per heavy atom. The number of hydrogen-bond acceptors (Lipinski definition) is 2. The van der Waals surface area contributed by atoms with E-state index < -0.39 is 0 Å². The molecule has 1 aliphatic rings. The summed E-state index contributed by atoms with van der Waals surface area (Å²) in [4.78, 5) is 0. The van der Waals surface area contributed by atoms with Gasteiger partial charge in [-0.1, -0.05) is 41.4 Å². The number of ether oxygens (including phenoxy) is 1. The first-order valence-corrected chi connectivity index (χ1v) is 7.27. The normalized spacial score (nSPS) is 17.6. The molecular formula is C16H15Cl2NO.